The van der Waals surface area contributed by atoms with Gasteiger partial charge in [-0.15, -0.1) is 0 Å². The van der Waals surface area contributed by atoms with Crippen LogP contribution >= 0.6 is 7.60 Å². The largest absolute Gasteiger partial charge is 0.480 e. The molecule has 2 heterocycles. The van der Waals surface area contributed by atoms with Gasteiger partial charge in [-0.1, -0.05) is 43.7 Å². The van der Waals surface area contributed by atoms with Crippen LogP contribution in [0.25, 0.3) is 0 Å². The Kier molecular flexibility index (Phi) is 13.2. The van der Waals surface area contributed by atoms with Gasteiger partial charge in [-0.25, -0.2) is 14.4 Å². The number of esters is 1. The Hall–Kier alpha value is -3.67. The van der Waals surface area contributed by atoms with Crippen molar-refractivity contribution in [2.45, 2.75) is 82.9 Å². The SMILES string of the molecule is CCCCC(OC(=O)c1ccco1)P(=O)(O)O[C@@H](CCCCNC(=O)OCc1ccccc1)C(=O)N1CCC[C@H]1C(=O)O. The molecule has 1 fully saturated rings. The number of rotatable bonds is 17. The van der Waals surface area contributed by atoms with Crippen LogP contribution in [0.15, 0.2) is 53.1 Å². The highest BCUT2D eigenvalue weighted by Crippen LogP contribution is 2.52. The van der Waals surface area contributed by atoms with E-state index in [-0.39, 0.29) is 51.1 Å². The molecule has 1 aromatic carbocycles. The summed E-state index contributed by atoms with van der Waals surface area (Å²) >= 11 is 0. The lowest BCUT2D eigenvalue weighted by Crippen LogP contribution is -2.46. The van der Waals surface area contributed by atoms with E-state index in [1.807, 2.05) is 37.3 Å². The average molecular weight is 623 g/mol. The number of carboxylic acid groups (broad SMARTS) is 1. The number of aliphatic carboxylic acids is 1. The molecular formula is C29H39N2O11P. The lowest BCUT2D eigenvalue weighted by atomic mass is 10.1. The fraction of sp³-hybridized carbons (Fsp3) is 0.517. The summed E-state index contributed by atoms with van der Waals surface area (Å²) in [4.78, 5) is 61.9. The van der Waals surface area contributed by atoms with Crippen LogP contribution < -0.4 is 5.32 Å². The molecule has 0 aliphatic carbocycles. The highest BCUT2D eigenvalue weighted by Gasteiger charge is 2.43. The number of benzene rings is 1. The first-order valence-electron chi connectivity index (χ1n) is 14.4. The first-order valence-corrected chi connectivity index (χ1v) is 16.0. The predicted molar refractivity (Wildman–Crippen MR) is 153 cm³/mol. The van der Waals surface area contributed by atoms with Crippen molar-refractivity contribution in [2.75, 3.05) is 13.1 Å². The maximum absolute atomic E-state index is 13.5. The van der Waals surface area contributed by atoms with Gasteiger partial charge in [-0.05, 0) is 62.6 Å². The summed E-state index contributed by atoms with van der Waals surface area (Å²) in [5.74, 6) is -4.60. The maximum Gasteiger partial charge on any atom is 0.407 e. The second kappa shape index (κ2) is 16.8. The fourth-order valence-electron chi connectivity index (χ4n) is 4.61. The van der Waals surface area contributed by atoms with E-state index >= 15 is 0 Å². The Bertz CT molecular complexity index is 1240. The number of carbonyl (C=O) groups excluding carboxylic acids is 3. The number of carboxylic acids is 1. The Morgan fingerprint density at radius 3 is 2.53 bits per heavy atom. The van der Waals surface area contributed by atoms with Gasteiger partial charge in [0.15, 0.2) is 0 Å². The van der Waals surface area contributed by atoms with E-state index in [4.69, 9.17) is 18.4 Å². The number of nitrogens with zero attached hydrogens (tertiary/aromatic N) is 1. The van der Waals surface area contributed by atoms with Gasteiger partial charge in [0, 0.05) is 13.1 Å². The molecule has 0 bridgehead atoms. The summed E-state index contributed by atoms with van der Waals surface area (Å²) in [7, 11) is -4.76. The Labute approximate surface area is 250 Å². The summed E-state index contributed by atoms with van der Waals surface area (Å²) in [5.41, 5.74) is 0.832. The quantitative estimate of drug-likeness (QED) is 0.126. The van der Waals surface area contributed by atoms with E-state index < -0.39 is 49.5 Å². The minimum absolute atomic E-state index is 0.00584. The van der Waals surface area contributed by atoms with Crippen molar-refractivity contribution in [3.05, 3.63) is 60.1 Å². The third kappa shape index (κ3) is 10.5. The number of likely N-dealkylation sites (tertiary alicyclic amines) is 1. The van der Waals surface area contributed by atoms with E-state index in [1.165, 1.54) is 18.4 Å². The molecule has 0 radical (unpaired) electrons. The van der Waals surface area contributed by atoms with Crippen molar-refractivity contribution in [1.29, 1.82) is 0 Å². The number of amides is 2. The molecule has 43 heavy (non-hydrogen) atoms. The topological polar surface area (TPSA) is 182 Å². The second-order valence-electron chi connectivity index (χ2n) is 10.1. The molecule has 13 nitrogen and oxygen atoms in total. The van der Waals surface area contributed by atoms with E-state index in [2.05, 4.69) is 5.32 Å². The third-order valence-electron chi connectivity index (χ3n) is 6.88. The number of nitrogens with one attached hydrogen (secondary N) is 1. The van der Waals surface area contributed by atoms with Gasteiger partial charge >= 0.3 is 25.6 Å². The first-order chi connectivity index (χ1) is 20.6. The molecule has 236 valence electrons. The fourth-order valence-corrected chi connectivity index (χ4v) is 6.04. The van der Waals surface area contributed by atoms with Crippen LogP contribution in [0.1, 0.15) is 74.4 Å². The zero-order chi connectivity index (χ0) is 31.2. The van der Waals surface area contributed by atoms with Crippen LogP contribution in [-0.4, -0.2) is 69.9 Å². The molecule has 1 aliphatic heterocycles. The predicted octanol–water partition coefficient (Wildman–Crippen LogP) is 4.70. The number of furan rings is 1. The number of hydrogen-bond acceptors (Lipinski definition) is 9. The van der Waals surface area contributed by atoms with E-state index in [0.29, 0.717) is 25.7 Å². The molecule has 14 heteroatoms. The number of hydrogen-bond donors (Lipinski definition) is 3. The van der Waals surface area contributed by atoms with Gasteiger partial charge in [0.2, 0.25) is 11.6 Å². The van der Waals surface area contributed by atoms with Gasteiger partial charge in [0.05, 0.1) is 6.26 Å². The minimum Gasteiger partial charge on any atom is -0.480 e. The molecule has 3 rings (SSSR count). The van der Waals surface area contributed by atoms with Crippen molar-refractivity contribution in [1.82, 2.24) is 10.2 Å². The zero-order valence-corrected chi connectivity index (χ0v) is 25.0. The van der Waals surface area contributed by atoms with E-state index in [9.17, 15) is 33.7 Å². The average Bonchev–Trinajstić information content (AvgIpc) is 3.71. The van der Waals surface area contributed by atoms with Crippen LogP contribution in [0.2, 0.25) is 0 Å². The highest BCUT2D eigenvalue weighted by molar-refractivity contribution is 7.53. The Morgan fingerprint density at radius 1 is 1.09 bits per heavy atom. The number of ether oxygens (including phenoxy) is 2. The van der Waals surface area contributed by atoms with E-state index in [0.717, 1.165) is 10.5 Å². The first kappa shape index (κ1) is 33.8. The van der Waals surface area contributed by atoms with Crippen molar-refractivity contribution in [2.24, 2.45) is 0 Å². The molecule has 4 atom stereocenters. The molecule has 3 N–H and O–H groups in total. The van der Waals surface area contributed by atoms with Crippen molar-refractivity contribution in [3.63, 3.8) is 0 Å². The van der Waals surface area contributed by atoms with Gasteiger partial charge in [0.25, 0.3) is 5.91 Å². The molecule has 2 unspecified atom stereocenters. The Balaban J connectivity index is 1.63. The monoisotopic (exact) mass is 622 g/mol. The van der Waals surface area contributed by atoms with Crippen molar-refractivity contribution < 1.29 is 52.2 Å². The summed E-state index contributed by atoms with van der Waals surface area (Å²) in [6.07, 6.45) is 1.54. The van der Waals surface area contributed by atoms with Crippen LogP contribution in [0.4, 0.5) is 4.79 Å². The van der Waals surface area contributed by atoms with Crippen LogP contribution in [0.5, 0.6) is 0 Å². The summed E-state index contributed by atoms with van der Waals surface area (Å²) in [6.45, 7) is 2.32. The van der Waals surface area contributed by atoms with Crippen LogP contribution in [0, 0.1) is 0 Å². The van der Waals surface area contributed by atoms with Crippen LogP contribution in [0.3, 0.4) is 0 Å². The Morgan fingerprint density at radius 2 is 1.86 bits per heavy atom. The molecule has 0 saturated carbocycles. The van der Waals surface area contributed by atoms with E-state index in [1.54, 1.807) is 0 Å². The molecular weight excluding hydrogens is 583 g/mol. The van der Waals surface area contributed by atoms with Gasteiger partial charge in [-0.3, -0.25) is 13.9 Å². The molecule has 2 aromatic rings. The van der Waals surface area contributed by atoms with Crippen LogP contribution in [-0.2, 0) is 34.8 Å². The molecule has 1 aliphatic rings. The maximum atomic E-state index is 13.5. The minimum atomic E-state index is -4.76. The summed E-state index contributed by atoms with van der Waals surface area (Å²) < 4.78 is 34.5. The normalized spacial score (nSPS) is 17.4. The molecule has 1 saturated heterocycles. The van der Waals surface area contributed by atoms with Gasteiger partial charge < -0.3 is 34.1 Å². The van der Waals surface area contributed by atoms with Crippen molar-refractivity contribution in [3.8, 4) is 0 Å². The zero-order valence-electron chi connectivity index (χ0n) is 24.1. The molecule has 2 amide bonds. The number of carbonyl (C=O) groups is 4. The van der Waals surface area contributed by atoms with Crippen molar-refractivity contribution >= 4 is 31.5 Å². The lowest BCUT2D eigenvalue weighted by molar-refractivity contribution is -0.151. The van der Waals surface area contributed by atoms with Gasteiger partial charge in [0.1, 0.15) is 18.8 Å². The highest BCUT2D eigenvalue weighted by atomic mass is 31.2. The lowest BCUT2D eigenvalue weighted by Gasteiger charge is -2.30. The molecule has 1 aromatic heterocycles. The summed E-state index contributed by atoms with van der Waals surface area (Å²) in [5, 5.41) is 12.2. The number of unbranched alkanes of at least 4 members (excludes halogenated alkanes) is 2. The molecule has 0 spiro atoms. The van der Waals surface area contributed by atoms with Gasteiger partial charge in [-0.2, -0.15) is 0 Å². The third-order valence-corrected chi connectivity index (χ3v) is 8.53. The number of alkyl carbamates (subject to hydrolysis) is 1. The smallest absolute Gasteiger partial charge is 0.407 e. The second-order valence-corrected chi connectivity index (χ2v) is 12.1. The standard InChI is InChI=1S/C29H39N2O11P/c1-2-3-16-25(41-28(35)24-15-10-19-39-24)43(37,38)42-23(26(32)31-18-9-13-22(31)27(33)34)14-7-8-17-30-29(36)40-20-21-11-5-4-6-12-21/h4-6,10-12,15,19,22-23,25H,2-3,7-9,13-14,16-18,20H2,1H3,(H,30,36)(H,33,34)(H,37,38)/t22-,23-,25?/m0/s1. The summed E-state index contributed by atoms with van der Waals surface area (Å²) in [6, 6.07) is 10.9.